The third-order valence-corrected chi connectivity index (χ3v) is 3.81. The van der Waals surface area contributed by atoms with Gasteiger partial charge >= 0.3 is 0 Å². The molecule has 1 aliphatic carbocycles. The summed E-state index contributed by atoms with van der Waals surface area (Å²) < 4.78 is 0. The van der Waals surface area contributed by atoms with Gasteiger partial charge in [0.1, 0.15) is 0 Å². The molecule has 0 aromatic heterocycles. The molecule has 0 bridgehead atoms. The molecule has 1 fully saturated rings. The quantitative estimate of drug-likeness (QED) is 0.788. The largest absolute Gasteiger partial charge is 0.399 e. The summed E-state index contributed by atoms with van der Waals surface area (Å²) in [6, 6.07) is 5.77. The molecule has 3 nitrogen and oxygen atoms in total. The first kappa shape index (κ1) is 12.9. The molecule has 1 saturated carbocycles. The number of nitrogens with one attached hydrogen (secondary N) is 1. The van der Waals surface area contributed by atoms with Gasteiger partial charge in [0, 0.05) is 17.3 Å². The second-order valence-corrected chi connectivity index (χ2v) is 6.15. The molecule has 1 amide bonds. The van der Waals surface area contributed by atoms with Crippen LogP contribution in [-0.2, 0) is 0 Å². The van der Waals surface area contributed by atoms with Gasteiger partial charge in [0.05, 0.1) is 0 Å². The number of aryl methyl sites for hydroxylation is 1. The van der Waals surface area contributed by atoms with Crippen LogP contribution in [0.15, 0.2) is 18.2 Å². The summed E-state index contributed by atoms with van der Waals surface area (Å²) in [5.74, 6) is 0.00231. The number of hydrogen-bond acceptors (Lipinski definition) is 2. The molecule has 1 atom stereocenters. The number of anilines is 1. The smallest absolute Gasteiger partial charge is 0.251 e. The van der Waals surface area contributed by atoms with E-state index in [2.05, 4.69) is 19.2 Å². The molecule has 98 valence electrons. The van der Waals surface area contributed by atoms with Crippen molar-refractivity contribution in [3.63, 3.8) is 0 Å². The summed E-state index contributed by atoms with van der Waals surface area (Å²) in [6.07, 6.45) is 3.30. The van der Waals surface area contributed by atoms with Gasteiger partial charge < -0.3 is 11.1 Å². The molecule has 1 aliphatic rings. The lowest BCUT2D eigenvalue weighted by atomic mass is 9.92. The SMILES string of the molecule is Cc1ccc(N)cc1C(=O)NC1CCC(C)(C)C1. The summed E-state index contributed by atoms with van der Waals surface area (Å²) >= 11 is 0. The van der Waals surface area contributed by atoms with E-state index in [1.54, 1.807) is 6.07 Å². The molecular formula is C15H22N2O. The number of hydrogen-bond donors (Lipinski definition) is 2. The summed E-state index contributed by atoms with van der Waals surface area (Å²) in [4.78, 5) is 12.2. The second kappa shape index (κ2) is 4.63. The first-order valence-electron chi connectivity index (χ1n) is 6.54. The van der Waals surface area contributed by atoms with Crippen LogP contribution in [0.3, 0.4) is 0 Å². The van der Waals surface area contributed by atoms with Crippen molar-refractivity contribution in [3.8, 4) is 0 Å². The molecule has 0 spiro atoms. The molecule has 3 N–H and O–H groups in total. The highest BCUT2D eigenvalue weighted by Crippen LogP contribution is 2.37. The van der Waals surface area contributed by atoms with Gasteiger partial charge in [-0.05, 0) is 49.3 Å². The van der Waals surface area contributed by atoms with Crippen LogP contribution in [0.5, 0.6) is 0 Å². The number of rotatable bonds is 2. The standard InChI is InChI=1S/C15H22N2O/c1-10-4-5-11(16)8-13(10)14(18)17-12-6-7-15(2,3)9-12/h4-5,8,12H,6-7,9,16H2,1-3H3,(H,17,18). The van der Waals surface area contributed by atoms with Crippen LogP contribution in [0.2, 0.25) is 0 Å². The molecule has 18 heavy (non-hydrogen) atoms. The minimum absolute atomic E-state index is 0.00231. The Kier molecular flexibility index (Phi) is 3.33. The summed E-state index contributed by atoms with van der Waals surface area (Å²) in [5, 5.41) is 3.12. The number of nitrogens with two attached hydrogens (primary N) is 1. The highest BCUT2D eigenvalue weighted by Gasteiger charge is 2.31. The maximum Gasteiger partial charge on any atom is 0.251 e. The van der Waals surface area contributed by atoms with E-state index in [1.807, 2.05) is 19.1 Å². The van der Waals surface area contributed by atoms with E-state index in [-0.39, 0.29) is 5.91 Å². The highest BCUT2D eigenvalue weighted by molar-refractivity contribution is 5.96. The Labute approximate surface area is 109 Å². The predicted octanol–water partition coefficient (Wildman–Crippen LogP) is 2.89. The van der Waals surface area contributed by atoms with Gasteiger partial charge in [-0.2, -0.15) is 0 Å². The lowest BCUT2D eigenvalue weighted by Crippen LogP contribution is -2.33. The van der Waals surface area contributed by atoms with Crippen molar-refractivity contribution in [1.82, 2.24) is 5.32 Å². The van der Waals surface area contributed by atoms with Crippen LogP contribution in [0.1, 0.15) is 49.0 Å². The zero-order chi connectivity index (χ0) is 13.3. The molecule has 3 heteroatoms. The normalized spacial score (nSPS) is 21.8. The summed E-state index contributed by atoms with van der Waals surface area (Å²) in [5.41, 5.74) is 8.39. The molecule has 1 aromatic rings. The average molecular weight is 246 g/mol. The Balaban J connectivity index is 2.06. The van der Waals surface area contributed by atoms with Crippen molar-refractivity contribution in [2.75, 3.05) is 5.73 Å². The maximum atomic E-state index is 12.2. The van der Waals surface area contributed by atoms with Crippen LogP contribution in [0.4, 0.5) is 5.69 Å². The predicted molar refractivity (Wildman–Crippen MR) is 74.5 cm³/mol. The lowest BCUT2D eigenvalue weighted by Gasteiger charge is -2.18. The Morgan fingerprint density at radius 3 is 2.78 bits per heavy atom. The van der Waals surface area contributed by atoms with Gasteiger partial charge in [0.2, 0.25) is 0 Å². The van der Waals surface area contributed by atoms with E-state index in [1.165, 1.54) is 6.42 Å². The van der Waals surface area contributed by atoms with Crippen molar-refractivity contribution in [2.24, 2.45) is 5.41 Å². The minimum Gasteiger partial charge on any atom is -0.399 e. The number of benzene rings is 1. The number of amides is 1. The molecule has 1 aromatic carbocycles. The van der Waals surface area contributed by atoms with Gasteiger partial charge in [-0.3, -0.25) is 4.79 Å². The van der Waals surface area contributed by atoms with E-state index >= 15 is 0 Å². The van der Waals surface area contributed by atoms with Crippen LogP contribution in [0.25, 0.3) is 0 Å². The van der Waals surface area contributed by atoms with Crippen molar-refractivity contribution in [2.45, 2.75) is 46.1 Å². The van der Waals surface area contributed by atoms with Gasteiger partial charge in [0.25, 0.3) is 5.91 Å². The topological polar surface area (TPSA) is 55.1 Å². The molecule has 0 radical (unpaired) electrons. The van der Waals surface area contributed by atoms with Gasteiger partial charge in [-0.25, -0.2) is 0 Å². The second-order valence-electron chi connectivity index (χ2n) is 6.15. The fourth-order valence-corrected chi connectivity index (χ4v) is 2.71. The maximum absolute atomic E-state index is 12.2. The van der Waals surface area contributed by atoms with E-state index in [0.717, 1.165) is 18.4 Å². The van der Waals surface area contributed by atoms with Crippen molar-refractivity contribution in [1.29, 1.82) is 0 Å². The van der Waals surface area contributed by atoms with Crippen LogP contribution in [-0.4, -0.2) is 11.9 Å². The zero-order valence-corrected chi connectivity index (χ0v) is 11.4. The molecule has 1 unspecified atom stereocenters. The van der Waals surface area contributed by atoms with Crippen molar-refractivity contribution >= 4 is 11.6 Å². The Hall–Kier alpha value is -1.51. The fourth-order valence-electron chi connectivity index (χ4n) is 2.71. The lowest BCUT2D eigenvalue weighted by molar-refractivity contribution is 0.0935. The molecule has 0 aliphatic heterocycles. The van der Waals surface area contributed by atoms with Crippen molar-refractivity contribution in [3.05, 3.63) is 29.3 Å². The minimum atomic E-state index is 0.00231. The van der Waals surface area contributed by atoms with Gasteiger partial charge in [0.15, 0.2) is 0 Å². The fraction of sp³-hybridized carbons (Fsp3) is 0.533. The molecule has 2 rings (SSSR count). The number of carbonyl (C=O) groups excluding carboxylic acids is 1. The van der Waals surface area contributed by atoms with Gasteiger partial charge in [-0.1, -0.05) is 19.9 Å². The summed E-state index contributed by atoms with van der Waals surface area (Å²) in [6.45, 7) is 6.45. The first-order valence-corrected chi connectivity index (χ1v) is 6.54. The molecule has 0 saturated heterocycles. The third-order valence-electron chi connectivity index (χ3n) is 3.81. The number of carbonyl (C=O) groups is 1. The average Bonchev–Trinajstić information content (AvgIpc) is 2.61. The number of nitrogen functional groups attached to an aromatic ring is 1. The van der Waals surface area contributed by atoms with E-state index in [0.29, 0.717) is 22.7 Å². The third kappa shape index (κ3) is 2.84. The van der Waals surface area contributed by atoms with Gasteiger partial charge in [-0.15, -0.1) is 0 Å². The first-order chi connectivity index (χ1) is 8.37. The van der Waals surface area contributed by atoms with E-state index in [9.17, 15) is 4.79 Å². The Morgan fingerprint density at radius 1 is 1.44 bits per heavy atom. The van der Waals surface area contributed by atoms with E-state index in [4.69, 9.17) is 5.73 Å². The Bertz CT molecular complexity index is 466. The van der Waals surface area contributed by atoms with Crippen molar-refractivity contribution < 1.29 is 4.79 Å². The van der Waals surface area contributed by atoms with E-state index < -0.39 is 0 Å². The highest BCUT2D eigenvalue weighted by atomic mass is 16.1. The molecule has 0 heterocycles. The summed E-state index contributed by atoms with van der Waals surface area (Å²) in [7, 11) is 0. The monoisotopic (exact) mass is 246 g/mol. The van der Waals surface area contributed by atoms with Crippen LogP contribution < -0.4 is 11.1 Å². The van der Waals surface area contributed by atoms with Crippen LogP contribution >= 0.6 is 0 Å². The van der Waals surface area contributed by atoms with Crippen LogP contribution in [0, 0.1) is 12.3 Å². The Morgan fingerprint density at radius 2 is 2.17 bits per heavy atom. The molecular weight excluding hydrogens is 224 g/mol. The zero-order valence-electron chi connectivity index (χ0n) is 11.4.